The minimum atomic E-state index is -0.159. The Morgan fingerprint density at radius 2 is 2.00 bits per heavy atom. The van der Waals surface area contributed by atoms with E-state index in [1.165, 1.54) is 0 Å². The molecule has 0 radical (unpaired) electrons. The highest BCUT2D eigenvalue weighted by molar-refractivity contribution is 5.34. The van der Waals surface area contributed by atoms with Crippen LogP contribution in [0.4, 0.5) is 4.39 Å². The Hall–Kier alpha value is -0.930. The van der Waals surface area contributed by atoms with Crippen molar-refractivity contribution in [3.05, 3.63) is 34.6 Å². The van der Waals surface area contributed by atoms with Gasteiger partial charge in [0.1, 0.15) is 5.82 Å². The lowest BCUT2D eigenvalue weighted by molar-refractivity contribution is 0.0482. The molecule has 0 amide bonds. The third kappa shape index (κ3) is 3.27. The van der Waals surface area contributed by atoms with E-state index in [1.54, 1.807) is 6.07 Å². The van der Waals surface area contributed by atoms with E-state index in [9.17, 15) is 4.39 Å². The van der Waals surface area contributed by atoms with E-state index in [-0.39, 0.29) is 18.0 Å². The second kappa shape index (κ2) is 6.12. The Kier molecular flexibility index (Phi) is 5.09. The van der Waals surface area contributed by atoms with Gasteiger partial charge < -0.3 is 10.1 Å². The van der Waals surface area contributed by atoms with Crippen LogP contribution in [-0.4, -0.2) is 19.8 Å². The van der Waals surface area contributed by atoms with Crippen LogP contribution in [0.25, 0.3) is 0 Å². The van der Waals surface area contributed by atoms with E-state index in [0.29, 0.717) is 12.2 Å². The fourth-order valence-corrected chi connectivity index (χ4v) is 2.29. The Labute approximate surface area is 103 Å². The van der Waals surface area contributed by atoms with Gasteiger partial charge in [0.25, 0.3) is 0 Å². The number of aryl methyl sites for hydroxylation is 2. The van der Waals surface area contributed by atoms with E-state index >= 15 is 0 Å². The average molecular weight is 239 g/mol. The van der Waals surface area contributed by atoms with E-state index in [0.717, 1.165) is 11.1 Å². The molecule has 0 heterocycles. The van der Waals surface area contributed by atoms with Crippen molar-refractivity contribution >= 4 is 0 Å². The molecule has 1 aromatic rings. The zero-order chi connectivity index (χ0) is 13.0. The molecule has 0 spiro atoms. The minimum Gasteiger partial charge on any atom is -0.377 e. The zero-order valence-corrected chi connectivity index (χ0v) is 11.3. The van der Waals surface area contributed by atoms with Gasteiger partial charge in [-0.1, -0.05) is 6.07 Å². The maximum atomic E-state index is 14.1. The van der Waals surface area contributed by atoms with Crippen LogP contribution in [0.5, 0.6) is 0 Å². The fourth-order valence-electron chi connectivity index (χ4n) is 2.29. The molecule has 0 aliphatic carbocycles. The summed E-state index contributed by atoms with van der Waals surface area (Å²) in [5.74, 6) is -0.159. The van der Waals surface area contributed by atoms with Gasteiger partial charge in [-0.25, -0.2) is 4.39 Å². The smallest absolute Gasteiger partial charge is 0.128 e. The summed E-state index contributed by atoms with van der Waals surface area (Å²) in [4.78, 5) is 0. The highest BCUT2D eigenvalue weighted by atomic mass is 19.1. The van der Waals surface area contributed by atoms with Crippen molar-refractivity contribution in [1.29, 1.82) is 0 Å². The highest BCUT2D eigenvalue weighted by Gasteiger charge is 2.23. The van der Waals surface area contributed by atoms with Crippen LogP contribution in [0.2, 0.25) is 0 Å². The summed E-state index contributed by atoms with van der Waals surface area (Å²) in [6.45, 7) is 8.38. The van der Waals surface area contributed by atoms with Gasteiger partial charge in [0.15, 0.2) is 0 Å². The molecule has 0 aliphatic rings. The van der Waals surface area contributed by atoms with Crippen molar-refractivity contribution in [2.45, 2.75) is 39.8 Å². The molecule has 2 nitrogen and oxygen atoms in total. The molecule has 96 valence electrons. The van der Waals surface area contributed by atoms with Crippen LogP contribution < -0.4 is 5.32 Å². The predicted molar refractivity (Wildman–Crippen MR) is 68.8 cm³/mol. The van der Waals surface area contributed by atoms with Crippen molar-refractivity contribution in [2.75, 3.05) is 13.7 Å². The third-order valence-corrected chi connectivity index (χ3v) is 3.00. The van der Waals surface area contributed by atoms with Crippen molar-refractivity contribution in [3.63, 3.8) is 0 Å². The van der Waals surface area contributed by atoms with Gasteiger partial charge in [0, 0.05) is 12.2 Å². The molecular formula is C14H22FNO. The van der Waals surface area contributed by atoms with Crippen molar-refractivity contribution in [3.8, 4) is 0 Å². The van der Waals surface area contributed by atoms with Crippen molar-refractivity contribution in [1.82, 2.24) is 5.32 Å². The molecular weight excluding hydrogens is 217 g/mol. The van der Waals surface area contributed by atoms with Crippen LogP contribution >= 0.6 is 0 Å². The summed E-state index contributed by atoms with van der Waals surface area (Å²) in [5, 5.41) is 3.14. The number of benzene rings is 1. The Balaban J connectivity index is 3.11. The van der Waals surface area contributed by atoms with E-state index in [2.05, 4.69) is 5.32 Å². The Morgan fingerprint density at radius 3 is 2.47 bits per heavy atom. The van der Waals surface area contributed by atoms with Crippen LogP contribution in [0.1, 0.15) is 36.6 Å². The maximum Gasteiger partial charge on any atom is 0.128 e. The highest BCUT2D eigenvalue weighted by Crippen LogP contribution is 2.26. The van der Waals surface area contributed by atoms with Crippen LogP contribution in [0.15, 0.2) is 12.1 Å². The molecule has 0 saturated carbocycles. The molecule has 2 unspecified atom stereocenters. The standard InChI is InChI=1S/C14H22FNO/c1-6-17-11(4)14(16-5)13-10(3)7-9(2)8-12(13)15/h7-8,11,14,16H,6H2,1-5H3. The first kappa shape index (κ1) is 14.1. The first-order chi connectivity index (χ1) is 8.01. The number of halogens is 1. The van der Waals surface area contributed by atoms with Gasteiger partial charge in [-0.05, 0) is 51.9 Å². The van der Waals surface area contributed by atoms with Crippen LogP contribution in [0, 0.1) is 19.7 Å². The molecule has 2 atom stereocenters. The number of nitrogens with one attached hydrogen (secondary N) is 1. The third-order valence-electron chi connectivity index (χ3n) is 3.00. The SMILES string of the molecule is CCOC(C)C(NC)c1c(C)cc(C)cc1F. The summed E-state index contributed by atoms with van der Waals surface area (Å²) in [5.41, 5.74) is 2.62. The summed E-state index contributed by atoms with van der Waals surface area (Å²) < 4.78 is 19.6. The van der Waals surface area contributed by atoms with Crippen molar-refractivity contribution in [2.24, 2.45) is 0 Å². The molecule has 3 heteroatoms. The zero-order valence-electron chi connectivity index (χ0n) is 11.3. The van der Waals surface area contributed by atoms with E-state index in [1.807, 2.05) is 40.8 Å². The molecule has 0 aromatic heterocycles. The Bertz CT molecular complexity index is 355. The number of hydrogen-bond donors (Lipinski definition) is 1. The van der Waals surface area contributed by atoms with Gasteiger partial charge in [-0.15, -0.1) is 0 Å². The second-order valence-corrected chi connectivity index (χ2v) is 4.40. The van der Waals surface area contributed by atoms with Gasteiger partial charge in [-0.2, -0.15) is 0 Å². The lowest BCUT2D eigenvalue weighted by Crippen LogP contribution is -2.31. The summed E-state index contributed by atoms with van der Waals surface area (Å²) in [6.07, 6.45) is -0.0547. The molecule has 1 rings (SSSR count). The fraction of sp³-hybridized carbons (Fsp3) is 0.571. The first-order valence-corrected chi connectivity index (χ1v) is 6.06. The lowest BCUT2D eigenvalue weighted by Gasteiger charge is -2.26. The quantitative estimate of drug-likeness (QED) is 0.852. The van der Waals surface area contributed by atoms with Crippen molar-refractivity contribution < 1.29 is 9.13 Å². The van der Waals surface area contributed by atoms with E-state index in [4.69, 9.17) is 4.74 Å². The normalized spacial score (nSPS) is 14.7. The topological polar surface area (TPSA) is 21.3 Å². The molecule has 0 aliphatic heterocycles. The van der Waals surface area contributed by atoms with Gasteiger partial charge in [-0.3, -0.25) is 0 Å². The average Bonchev–Trinajstić information content (AvgIpc) is 2.23. The second-order valence-electron chi connectivity index (χ2n) is 4.40. The first-order valence-electron chi connectivity index (χ1n) is 6.06. The molecule has 0 fully saturated rings. The molecule has 17 heavy (non-hydrogen) atoms. The lowest BCUT2D eigenvalue weighted by atomic mass is 9.95. The predicted octanol–water partition coefficient (Wildman–Crippen LogP) is 3.13. The van der Waals surface area contributed by atoms with Gasteiger partial charge >= 0.3 is 0 Å². The summed E-state index contributed by atoms with van der Waals surface area (Å²) in [6, 6.07) is 3.46. The monoisotopic (exact) mass is 239 g/mol. The van der Waals surface area contributed by atoms with E-state index < -0.39 is 0 Å². The number of likely N-dealkylation sites (N-methyl/N-ethyl adjacent to an activating group) is 1. The minimum absolute atomic E-state index is 0.0547. The largest absolute Gasteiger partial charge is 0.377 e. The van der Waals surface area contributed by atoms with Gasteiger partial charge in [0.2, 0.25) is 0 Å². The van der Waals surface area contributed by atoms with Crippen LogP contribution in [0.3, 0.4) is 0 Å². The molecule has 1 N–H and O–H groups in total. The molecule has 0 saturated heterocycles. The number of hydrogen-bond acceptors (Lipinski definition) is 2. The molecule has 1 aromatic carbocycles. The van der Waals surface area contributed by atoms with Gasteiger partial charge in [0.05, 0.1) is 12.1 Å². The Morgan fingerprint density at radius 1 is 1.35 bits per heavy atom. The number of rotatable bonds is 5. The number of ether oxygens (including phenoxy) is 1. The molecule has 0 bridgehead atoms. The van der Waals surface area contributed by atoms with Crippen LogP contribution in [-0.2, 0) is 4.74 Å². The maximum absolute atomic E-state index is 14.1. The summed E-state index contributed by atoms with van der Waals surface area (Å²) >= 11 is 0. The summed E-state index contributed by atoms with van der Waals surface area (Å²) in [7, 11) is 1.83.